The minimum atomic E-state index is -0.0561. The van der Waals surface area contributed by atoms with Gasteiger partial charge >= 0.3 is 0 Å². The number of hydrogen-bond acceptors (Lipinski definition) is 3. The van der Waals surface area contributed by atoms with Crippen molar-refractivity contribution in [3.8, 4) is 0 Å². The molecule has 1 aliphatic rings. The quantitative estimate of drug-likeness (QED) is 0.804. The first-order valence-corrected chi connectivity index (χ1v) is 8.46. The van der Waals surface area contributed by atoms with E-state index >= 15 is 0 Å². The summed E-state index contributed by atoms with van der Waals surface area (Å²) in [6, 6.07) is 18.0. The predicted molar refractivity (Wildman–Crippen MR) is 95.9 cm³/mol. The van der Waals surface area contributed by atoms with Gasteiger partial charge in [-0.05, 0) is 23.6 Å². The first kappa shape index (κ1) is 15.1. The summed E-state index contributed by atoms with van der Waals surface area (Å²) in [4.78, 5) is 17.9. The molecule has 0 saturated carbocycles. The molecule has 4 rings (SSSR count). The van der Waals surface area contributed by atoms with Gasteiger partial charge in [0.25, 0.3) is 5.56 Å². The molecule has 2 atom stereocenters. The third-order valence-electron chi connectivity index (χ3n) is 4.74. The third-order valence-corrected chi connectivity index (χ3v) is 4.74. The number of fused-ring (bicyclic) bond motifs is 2. The van der Waals surface area contributed by atoms with Gasteiger partial charge in [0.2, 0.25) is 0 Å². The van der Waals surface area contributed by atoms with E-state index in [1.165, 1.54) is 5.56 Å². The second kappa shape index (κ2) is 5.87. The molecule has 1 aliphatic heterocycles. The van der Waals surface area contributed by atoms with Crippen LogP contribution in [0.2, 0.25) is 0 Å². The van der Waals surface area contributed by atoms with Crippen LogP contribution in [0.25, 0.3) is 10.9 Å². The molecule has 0 saturated heterocycles. The van der Waals surface area contributed by atoms with E-state index in [1.54, 1.807) is 0 Å². The molecule has 0 aliphatic carbocycles. The maximum Gasteiger partial charge on any atom is 0.262 e. The molecule has 0 fully saturated rings. The molecule has 0 amide bonds. The summed E-state index contributed by atoms with van der Waals surface area (Å²) in [7, 11) is 0. The zero-order valence-corrected chi connectivity index (χ0v) is 13.9. The monoisotopic (exact) mass is 319 g/mol. The van der Waals surface area contributed by atoms with Crippen molar-refractivity contribution in [3.63, 3.8) is 0 Å². The Balaban J connectivity index is 1.86. The second-order valence-electron chi connectivity index (χ2n) is 6.76. The van der Waals surface area contributed by atoms with E-state index in [4.69, 9.17) is 4.98 Å². The van der Waals surface area contributed by atoms with E-state index in [2.05, 4.69) is 31.3 Å². The number of para-hydroxylation sites is 1. The highest BCUT2D eigenvalue weighted by atomic mass is 16.1. The Kier molecular flexibility index (Phi) is 3.69. The standard InChI is InChI=1S/C20H21N3O/c1-13(2)18-19-21-16-11-7-6-10-15(16)20(24)23(19)17(22-18)12-14-8-4-3-5-9-14/h3-11,13,17-18,22H,12H2,1-2H3/t17?,18-/m0/s1. The number of hydrogen-bond donors (Lipinski definition) is 1. The van der Waals surface area contributed by atoms with E-state index in [9.17, 15) is 4.79 Å². The molecule has 0 spiro atoms. The second-order valence-corrected chi connectivity index (χ2v) is 6.76. The van der Waals surface area contributed by atoms with Gasteiger partial charge in [-0.1, -0.05) is 56.3 Å². The molecule has 3 aromatic rings. The Morgan fingerprint density at radius 3 is 2.54 bits per heavy atom. The van der Waals surface area contributed by atoms with Crippen molar-refractivity contribution < 1.29 is 0 Å². The van der Waals surface area contributed by atoms with E-state index in [-0.39, 0.29) is 17.8 Å². The fourth-order valence-electron chi connectivity index (χ4n) is 3.52. The predicted octanol–water partition coefficient (Wildman–Crippen LogP) is 3.44. The summed E-state index contributed by atoms with van der Waals surface area (Å²) in [5, 5.41) is 4.31. The van der Waals surface area contributed by atoms with Crippen molar-refractivity contribution >= 4 is 10.9 Å². The van der Waals surface area contributed by atoms with Crippen LogP contribution in [0.3, 0.4) is 0 Å². The normalized spacial score (nSPS) is 19.8. The average Bonchev–Trinajstić information content (AvgIpc) is 2.95. The number of nitrogens with zero attached hydrogens (tertiary/aromatic N) is 2. The number of aromatic nitrogens is 2. The number of nitrogens with one attached hydrogen (secondary N) is 1. The molecule has 1 unspecified atom stereocenters. The van der Waals surface area contributed by atoms with Gasteiger partial charge < -0.3 is 0 Å². The van der Waals surface area contributed by atoms with E-state index in [0.717, 1.165) is 17.8 Å². The van der Waals surface area contributed by atoms with Gasteiger partial charge in [0.15, 0.2) is 0 Å². The Morgan fingerprint density at radius 2 is 1.79 bits per heavy atom. The van der Waals surface area contributed by atoms with Crippen LogP contribution in [0.15, 0.2) is 59.4 Å². The van der Waals surface area contributed by atoms with Crippen molar-refractivity contribution in [1.29, 1.82) is 0 Å². The largest absolute Gasteiger partial charge is 0.287 e. The van der Waals surface area contributed by atoms with Gasteiger partial charge in [0.1, 0.15) is 5.82 Å². The van der Waals surface area contributed by atoms with Crippen LogP contribution in [-0.2, 0) is 6.42 Å². The summed E-state index contributed by atoms with van der Waals surface area (Å²) in [5.74, 6) is 1.22. The van der Waals surface area contributed by atoms with Crippen molar-refractivity contribution in [3.05, 3.63) is 76.3 Å². The van der Waals surface area contributed by atoms with Crippen LogP contribution in [0.5, 0.6) is 0 Å². The van der Waals surface area contributed by atoms with Gasteiger partial charge in [0.05, 0.1) is 23.1 Å². The molecule has 4 heteroatoms. The van der Waals surface area contributed by atoms with Gasteiger partial charge in [-0.3, -0.25) is 14.7 Å². The average molecular weight is 319 g/mol. The first-order chi connectivity index (χ1) is 11.6. The molecule has 2 aromatic carbocycles. The topological polar surface area (TPSA) is 46.9 Å². The first-order valence-electron chi connectivity index (χ1n) is 8.46. The lowest BCUT2D eigenvalue weighted by Crippen LogP contribution is -2.29. The molecule has 24 heavy (non-hydrogen) atoms. The number of rotatable bonds is 3. The fourth-order valence-corrected chi connectivity index (χ4v) is 3.52. The smallest absolute Gasteiger partial charge is 0.262 e. The molecular weight excluding hydrogens is 298 g/mol. The maximum atomic E-state index is 13.1. The molecule has 0 bridgehead atoms. The Morgan fingerprint density at radius 1 is 1.08 bits per heavy atom. The summed E-state index contributed by atoms with van der Waals surface area (Å²) < 4.78 is 1.86. The highest BCUT2D eigenvalue weighted by Gasteiger charge is 2.34. The highest BCUT2D eigenvalue weighted by Crippen LogP contribution is 2.31. The molecule has 2 heterocycles. The van der Waals surface area contributed by atoms with E-state index < -0.39 is 0 Å². The van der Waals surface area contributed by atoms with Gasteiger partial charge in [-0.2, -0.15) is 0 Å². The zero-order chi connectivity index (χ0) is 16.7. The minimum absolute atomic E-state index is 0.0483. The van der Waals surface area contributed by atoms with Crippen molar-refractivity contribution in [1.82, 2.24) is 14.9 Å². The Labute approximate surface area is 141 Å². The third kappa shape index (κ3) is 2.43. The summed E-state index contributed by atoms with van der Waals surface area (Å²) >= 11 is 0. The van der Waals surface area contributed by atoms with Crippen molar-refractivity contribution in [2.24, 2.45) is 5.92 Å². The summed E-state index contributed by atoms with van der Waals surface area (Å²) in [6.07, 6.45) is 0.719. The molecule has 122 valence electrons. The van der Waals surface area contributed by atoms with Crippen LogP contribution in [-0.4, -0.2) is 9.55 Å². The van der Waals surface area contributed by atoms with Gasteiger partial charge in [-0.15, -0.1) is 0 Å². The van der Waals surface area contributed by atoms with E-state index in [0.29, 0.717) is 11.3 Å². The Bertz CT molecular complexity index is 931. The van der Waals surface area contributed by atoms with Crippen LogP contribution < -0.4 is 10.9 Å². The van der Waals surface area contributed by atoms with Crippen LogP contribution >= 0.6 is 0 Å². The molecule has 1 aromatic heterocycles. The van der Waals surface area contributed by atoms with Gasteiger partial charge in [-0.25, -0.2) is 4.98 Å². The fraction of sp³-hybridized carbons (Fsp3) is 0.300. The van der Waals surface area contributed by atoms with Gasteiger partial charge in [0, 0.05) is 6.42 Å². The lowest BCUT2D eigenvalue weighted by Gasteiger charge is -2.16. The van der Waals surface area contributed by atoms with Crippen LogP contribution in [0, 0.1) is 5.92 Å². The SMILES string of the molecule is CC(C)[C@@H]1NC(Cc2ccccc2)n2c1nc1ccccc1c2=O. The zero-order valence-electron chi connectivity index (χ0n) is 13.9. The Hall–Kier alpha value is -2.46. The lowest BCUT2D eigenvalue weighted by atomic mass is 10.0. The van der Waals surface area contributed by atoms with Crippen LogP contribution in [0.4, 0.5) is 0 Å². The maximum absolute atomic E-state index is 13.1. The van der Waals surface area contributed by atoms with Crippen molar-refractivity contribution in [2.75, 3.05) is 0 Å². The number of benzene rings is 2. The molecule has 0 radical (unpaired) electrons. The molecular formula is C20H21N3O. The summed E-state index contributed by atoms with van der Waals surface area (Å²) in [5.41, 5.74) is 2.04. The lowest BCUT2D eigenvalue weighted by molar-refractivity contribution is 0.372. The molecule has 4 nitrogen and oxygen atoms in total. The highest BCUT2D eigenvalue weighted by molar-refractivity contribution is 5.77. The van der Waals surface area contributed by atoms with Crippen molar-refractivity contribution in [2.45, 2.75) is 32.5 Å². The minimum Gasteiger partial charge on any atom is -0.287 e. The molecule has 1 N–H and O–H groups in total. The summed E-state index contributed by atoms with van der Waals surface area (Å²) in [6.45, 7) is 4.32. The van der Waals surface area contributed by atoms with Crippen LogP contribution in [0.1, 0.15) is 37.4 Å². The van der Waals surface area contributed by atoms with E-state index in [1.807, 2.05) is 47.0 Å².